The number of hydrogen-bond donors (Lipinski definition) is 1. The fraction of sp³-hybridized carbons (Fsp3) is 0.600. The molecule has 1 aromatic heterocycles. The average molecular weight is 289 g/mol. The highest BCUT2D eigenvalue weighted by molar-refractivity contribution is 5.44. The minimum atomic E-state index is -0.0530. The number of anilines is 1. The van der Waals surface area contributed by atoms with Gasteiger partial charge in [-0.25, -0.2) is 9.07 Å². The monoisotopic (exact) mass is 289 g/mol. The molecule has 2 aliphatic carbocycles. The molecule has 2 heterocycles. The van der Waals surface area contributed by atoms with Crippen molar-refractivity contribution in [2.45, 2.75) is 50.5 Å². The third kappa shape index (κ3) is 2.04. The highest BCUT2D eigenvalue weighted by Gasteiger charge is 2.38. The Balaban J connectivity index is 1.63. The summed E-state index contributed by atoms with van der Waals surface area (Å²) in [6.45, 7) is 0. The van der Waals surface area contributed by atoms with E-state index < -0.39 is 0 Å². The number of fused-ring (bicyclic) bond motifs is 3. The van der Waals surface area contributed by atoms with Crippen molar-refractivity contribution in [1.29, 1.82) is 0 Å². The van der Waals surface area contributed by atoms with Gasteiger partial charge in [0.1, 0.15) is 5.83 Å². The van der Waals surface area contributed by atoms with Crippen LogP contribution in [0, 0.1) is 0 Å². The minimum Gasteiger partial charge on any atom is -0.318 e. The molecule has 0 saturated heterocycles. The van der Waals surface area contributed by atoms with Gasteiger partial charge in [0.2, 0.25) is 5.95 Å². The molecule has 2 unspecified atom stereocenters. The van der Waals surface area contributed by atoms with Crippen molar-refractivity contribution in [2.75, 3.05) is 17.4 Å². The van der Waals surface area contributed by atoms with Gasteiger partial charge in [-0.2, -0.15) is 0 Å². The van der Waals surface area contributed by atoms with Gasteiger partial charge in [0, 0.05) is 25.1 Å². The number of allylic oxidation sites excluding steroid dienone is 4. The molecule has 0 aromatic carbocycles. The molecule has 1 fully saturated rings. The van der Waals surface area contributed by atoms with Crippen molar-refractivity contribution >= 4 is 5.95 Å². The number of nitrogens with one attached hydrogen (secondary N) is 1. The second kappa shape index (κ2) is 4.86. The Bertz CT molecular complexity index is 618. The highest BCUT2D eigenvalue weighted by atomic mass is 19.1. The summed E-state index contributed by atoms with van der Waals surface area (Å²) in [5.74, 6) is 2.30. The van der Waals surface area contributed by atoms with Crippen LogP contribution in [0.1, 0.15) is 50.3 Å². The second-order valence-electron chi connectivity index (χ2n) is 6.15. The van der Waals surface area contributed by atoms with Crippen LogP contribution in [0.4, 0.5) is 10.3 Å². The molecule has 6 heteroatoms. The van der Waals surface area contributed by atoms with Gasteiger partial charge in [-0.3, -0.25) is 0 Å². The van der Waals surface area contributed by atoms with Gasteiger partial charge in [0.15, 0.2) is 5.82 Å². The zero-order chi connectivity index (χ0) is 14.4. The van der Waals surface area contributed by atoms with Crippen LogP contribution in [0.5, 0.6) is 0 Å². The van der Waals surface area contributed by atoms with Crippen molar-refractivity contribution in [3.05, 3.63) is 29.5 Å². The van der Waals surface area contributed by atoms with Crippen molar-refractivity contribution in [2.24, 2.45) is 0 Å². The first-order chi connectivity index (χ1) is 10.2. The number of hydrogen-bond acceptors (Lipinski definition) is 4. The smallest absolute Gasteiger partial charge is 0.250 e. The molecule has 3 aliphatic rings. The number of rotatable bonds is 2. The Labute approximate surface area is 123 Å². The largest absolute Gasteiger partial charge is 0.318 e. The number of nitrogens with zero attached hydrogens (tertiary/aromatic N) is 4. The molecule has 5 nitrogen and oxygen atoms in total. The summed E-state index contributed by atoms with van der Waals surface area (Å²) < 4.78 is 15.2. The number of aromatic nitrogens is 3. The van der Waals surface area contributed by atoms with Gasteiger partial charge < -0.3 is 10.3 Å². The van der Waals surface area contributed by atoms with Crippen LogP contribution >= 0.6 is 0 Å². The molecular weight excluding hydrogens is 269 g/mol. The van der Waals surface area contributed by atoms with Gasteiger partial charge in [0.25, 0.3) is 0 Å². The summed E-state index contributed by atoms with van der Waals surface area (Å²) in [6, 6.07) is 0.495. The molecule has 1 aromatic rings. The molecule has 2 atom stereocenters. The molecule has 0 bridgehead atoms. The molecule has 112 valence electrons. The first-order valence-electron chi connectivity index (χ1n) is 7.75. The van der Waals surface area contributed by atoms with Crippen molar-refractivity contribution < 1.29 is 4.39 Å². The fourth-order valence-corrected chi connectivity index (χ4v) is 3.64. The molecule has 21 heavy (non-hydrogen) atoms. The standard InChI is InChI=1S/C15H20FN5/c1-20(11-8-6-10(16)7-9-11)15-18-17-14-12-4-2-3-5-13(12)19-21(14)15/h6,8,12-13,19H,2-5,7,9H2,1H3. The van der Waals surface area contributed by atoms with E-state index in [-0.39, 0.29) is 5.83 Å². The van der Waals surface area contributed by atoms with E-state index in [0.717, 1.165) is 17.5 Å². The van der Waals surface area contributed by atoms with Crippen molar-refractivity contribution in [3.8, 4) is 0 Å². The molecule has 1 aliphatic heterocycles. The van der Waals surface area contributed by atoms with Gasteiger partial charge in [-0.15, -0.1) is 10.2 Å². The molecule has 0 radical (unpaired) electrons. The molecule has 0 amide bonds. The second-order valence-corrected chi connectivity index (χ2v) is 6.15. The maximum atomic E-state index is 13.1. The first kappa shape index (κ1) is 12.9. The van der Waals surface area contributed by atoms with Crippen LogP contribution in [0.15, 0.2) is 23.7 Å². The number of halogens is 1. The van der Waals surface area contributed by atoms with Gasteiger partial charge in [-0.05, 0) is 31.4 Å². The SMILES string of the molecule is CN(C1=CC=C(F)CC1)c1nnc2n1NC1CCCCC21. The van der Waals surface area contributed by atoms with Gasteiger partial charge in [-0.1, -0.05) is 12.8 Å². The topological polar surface area (TPSA) is 46.0 Å². The van der Waals surface area contributed by atoms with E-state index in [9.17, 15) is 4.39 Å². The summed E-state index contributed by atoms with van der Waals surface area (Å²) in [4.78, 5) is 2.02. The van der Waals surface area contributed by atoms with Crippen LogP contribution in [-0.4, -0.2) is 28.0 Å². The van der Waals surface area contributed by atoms with Crippen molar-refractivity contribution in [1.82, 2.24) is 14.9 Å². The molecular formula is C15H20FN5. The van der Waals surface area contributed by atoms with Crippen molar-refractivity contribution in [3.63, 3.8) is 0 Å². The Morgan fingerprint density at radius 1 is 1.24 bits per heavy atom. The molecule has 1 saturated carbocycles. The lowest BCUT2D eigenvalue weighted by atomic mass is 9.85. The summed E-state index contributed by atoms with van der Waals surface area (Å²) in [7, 11) is 1.98. The van der Waals surface area contributed by atoms with Crippen LogP contribution in [0.2, 0.25) is 0 Å². The summed E-state index contributed by atoms with van der Waals surface area (Å²) in [5.41, 5.74) is 4.62. The Morgan fingerprint density at radius 3 is 2.90 bits per heavy atom. The summed E-state index contributed by atoms with van der Waals surface area (Å²) in [5, 5.41) is 8.75. The van der Waals surface area contributed by atoms with Crippen LogP contribution < -0.4 is 10.3 Å². The molecule has 4 rings (SSSR count). The Morgan fingerprint density at radius 2 is 2.10 bits per heavy atom. The van der Waals surface area contributed by atoms with E-state index in [1.807, 2.05) is 22.7 Å². The maximum absolute atomic E-state index is 13.1. The van der Waals surface area contributed by atoms with E-state index in [2.05, 4.69) is 15.6 Å². The quantitative estimate of drug-likeness (QED) is 0.909. The van der Waals surface area contributed by atoms with Crippen LogP contribution in [-0.2, 0) is 0 Å². The van der Waals surface area contributed by atoms with E-state index in [4.69, 9.17) is 0 Å². The van der Waals surface area contributed by atoms with E-state index in [1.54, 1.807) is 6.08 Å². The molecule has 1 N–H and O–H groups in total. The van der Waals surface area contributed by atoms with Crippen LogP contribution in [0.25, 0.3) is 0 Å². The van der Waals surface area contributed by atoms with E-state index in [0.29, 0.717) is 24.8 Å². The normalized spacial score (nSPS) is 27.3. The van der Waals surface area contributed by atoms with Crippen LogP contribution in [0.3, 0.4) is 0 Å². The first-order valence-corrected chi connectivity index (χ1v) is 7.75. The van der Waals surface area contributed by atoms with E-state index in [1.165, 1.54) is 25.7 Å². The maximum Gasteiger partial charge on any atom is 0.250 e. The third-order valence-electron chi connectivity index (χ3n) is 4.87. The predicted octanol–water partition coefficient (Wildman–Crippen LogP) is 2.83. The minimum absolute atomic E-state index is 0.0530. The lowest BCUT2D eigenvalue weighted by molar-refractivity contribution is 0.414. The molecule has 0 spiro atoms. The summed E-state index contributed by atoms with van der Waals surface area (Å²) in [6.07, 6.45) is 9.50. The lowest BCUT2D eigenvalue weighted by Gasteiger charge is -2.25. The van der Waals surface area contributed by atoms with Gasteiger partial charge >= 0.3 is 0 Å². The Hall–Kier alpha value is -1.85. The zero-order valence-corrected chi connectivity index (χ0v) is 12.2. The fourth-order valence-electron chi connectivity index (χ4n) is 3.64. The lowest BCUT2D eigenvalue weighted by Crippen LogP contribution is -2.29. The third-order valence-corrected chi connectivity index (χ3v) is 4.87. The zero-order valence-electron chi connectivity index (χ0n) is 12.2. The van der Waals surface area contributed by atoms with Gasteiger partial charge in [0.05, 0.1) is 6.04 Å². The highest BCUT2D eigenvalue weighted by Crippen LogP contribution is 2.38. The average Bonchev–Trinajstić information content (AvgIpc) is 3.06. The Kier molecular flexibility index (Phi) is 2.97. The van der Waals surface area contributed by atoms with E-state index >= 15 is 0 Å². The predicted molar refractivity (Wildman–Crippen MR) is 79.3 cm³/mol. The summed E-state index contributed by atoms with van der Waals surface area (Å²) >= 11 is 0.